The van der Waals surface area contributed by atoms with E-state index in [0.717, 1.165) is 5.56 Å². The van der Waals surface area contributed by atoms with Gasteiger partial charge < -0.3 is 18.9 Å². The van der Waals surface area contributed by atoms with E-state index in [4.69, 9.17) is 18.9 Å². The first-order valence-corrected chi connectivity index (χ1v) is 8.60. The van der Waals surface area contributed by atoms with Crippen LogP contribution >= 0.6 is 0 Å². The van der Waals surface area contributed by atoms with Gasteiger partial charge in [-0.15, -0.1) is 0 Å². The zero-order chi connectivity index (χ0) is 20.2. The molecule has 0 radical (unpaired) electrons. The van der Waals surface area contributed by atoms with Gasteiger partial charge in [0.05, 0.1) is 26.4 Å². The number of hydrogen-bond donors (Lipinski definition) is 0. The monoisotopic (exact) mass is 400 g/mol. The molecule has 1 aliphatic heterocycles. The quantitative estimate of drug-likeness (QED) is 0.666. The van der Waals surface area contributed by atoms with Crippen molar-refractivity contribution in [3.8, 4) is 5.75 Å². The van der Waals surface area contributed by atoms with Gasteiger partial charge in [-0.25, -0.2) is 4.79 Å². The van der Waals surface area contributed by atoms with Gasteiger partial charge in [-0.3, -0.25) is 4.68 Å². The number of ether oxygens (including phenoxy) is 4. The van der Waals surface area contributed by atoms with Crippen molar-refractivity contribution in [2.45, 2.75) is 25.4 Å². The van der Waals surface area contributed by atoms with Crippen molar-refractivity contribution < 1.29 is 36.9 Å². The second-order valence-corrected chi connectivity index (χ2v) is 6.00. The number of benzene rings is 1. The fraction of sp³-hybridized carbons (Fsp3) is 0.444. The maximum atomic E-state index is 13.2. The molecular formula is C18H19F3N2O5. The summed E-state index contributed by atoms with van der Waals surface area (Å²) >= 11 is 0. The Morgan fingerprint density at radius 2 is 1.89 bits per heavy atom. The second kappa shape index (κ2) is 8.19. The molecule has 0 amide bonds. The topological polar surface area (TPSA) is 71.8 Å². The van der Waals surface area contributed by atoms with Crippen LogP contribution in [-0.4, -0.2) is 54.1 Å². The van der Waals surface area contributed by atoms with Gasteiger partial charge >= 0.3 is 17.9 Å². The molecule has 2 aromatic rings. The highest BCUT2D eigenvalue weighted by molar-refractivity contribution is 5.86. The molecule has 1 aliphatic rings. The van der Waals surface area contributed by atoms with E-state index in [1.807, 2.05) is 0 Å². The van der Waals surface area contributed by atoms with E-state index in [-0.39, 0.29) is 31.3 Å². The molecule has 0 spiro atoms. The zero-order valence-electron chi connectivity index (χ0n) is 15.1. The van der Waals surface area contributed by atoms with Crippen molar-refractivity contribution in [3.63, 3.8) is 0 Å². The number of rotatable bonds is 7. The average Bonchev–Trinajstić information content (AvgIpc) is 3.31. The highest BCUT2D eigenvalue weighted by atomic mass is 19.4. The number of carbonyl (C=O) groups is 1. The van der Waals surface area contributed by atoms with Gasteiger partial charge in [0, 0.05) is 6.20 Å². The second-order valence-electron chi connectivity index (χ2n) is 6.00. The molecule has 0 saturated carbocycles. The van der Waals surface area contributed by atoms with Crippen LogP contribution in [-0.2, 0) is 20.8 Å². The van der Waals surface area contributed by atoms with Gasteiger partial charge in [-0.1, -0.05) is 12.1 Å². The van der Waals surface area contributed by atoms with Crippen LogP contribution in [0.4, 0.5) is 13.2 Å². The highest BCUT2D eigenvalue weighted by Crippen LogP contribution is 2.38. The molecule has 1 saturated heterocycles. The minimum Gasteiger partial charge on any atom is -0.488 e. The molecule has 152 valence electrons. The minimum atomic E-state index is -4.69. The van der Waals surface area contributed by atoms with E-state index in [1.165, 1.54) is 0 Å². The van der Waals surface area contributed by atoms with Crippen molar-refractivity contribution in [1.29, 1.82) is 0 Å². The summed E-state index contributed by atoms with van der Waals surface area (Å²) < 4.78 is 60.6. The third-order valence-electron chi connectivity index (χ3n) is 4.01. The Bertz CT molecular complexity index is 798. The molecule has 1 fully saturated rings. The summed E-state index contributed by atoms with van der Waals surface area (Å²) in [5, 5.41) is 4.12. The molecule has 1 aromatic carbocycles. The van der Waals surface area contributed by atoms with Gasteiger partial charge in [0.15, 0.2) is 12.3 Å². The van der Waals surface area contributed by atoms with Crippen LogP contribution in [0.25, 0.3) is 0 Å². The molecule has 0 bridgehead atoms. The van der Waals surface area contributed by atoms with Crippen LogP contribution in [0.3, 0.4) is 0 Å². The molecule has 0 N–H and O–H groups in total. The van der Waals surface area contributed by atoms with Crippen molar-refractivity contribution in [2.75, 3.05) is 26.4 Å². The number of nitrogens with zero attached hydrogens (tertiary/aromatic N) is 2. The fourth-order valence-electron chi connectivity index (χ4n) is 2.60. The molecule has 0 aliphatic carbocycles. The lowest BCUT2D eigenvalue weighted by Gasteiger charge is -2.29. The molecule has 10 heteroatoms. The number of alkyl halides is 3. The third kappa shape index (κ3) is 4.45. The van der Waals surface area contributed by atoms with Crippen LogP contribution in [0.1, 0.15) is 23.0 Å². The molecule has 0 unspecified atom stereocenters. The van der Waals surface area contributed by atoms with E-state index in [2.05, 4.69) is 5.10 Å². The van der Waals surface area contributed by atoms with E-state index >= 15 is 0 Å². The maximum absolute atomic E-state index is 13.2. The van der Waals surface area contributed by atoms with Gasteiger partial charge in [-0.05, 0) is 30.7 Å². The molecular weight excluding hydrogens is 381 g/mol. The summed E-state index contributed by atoms with van der Waals surface area (Å²) in [7, 11) is 0. The van der Waals surface area contributed by atoms with Crippen LogP contribution in [0.5, 0.6) is 5.75 Å². The van der Waals surface area contributed by atoms with Gasteiger partial charge in [0.2, 0.25) is 0 Å². The van der Waals surface area contributed by atoms with Crippen molar-refractivity contribution in [3.05, 3.63) is 47.8 Å². The maximum Gasteiger partial charge on any atom is 0.447 e. The number of halogens is 3. The largest absolute Gasteiger partial charge is 0.488 e. The SMILES string of the molecule is CCOC(=O)c1ccn(Cc2ccc(OCC3(C(F)(F)F)OCCO3)cc2)n1. The first-order chi connectivity index (χ1) is 13.3. The van der Waals surface area contributed by atoms with E-state index < -0.39 is 24.5 Å². The average molecular weight is 400 g/mol. The molecule has 1 aromatic heterocycles. The summed E-state index contributed by atoms with van der Waals surface area (Å²) in [5.41, 5.74) is 1.03. The smallest absolute Gasteiger partial charge is 0.447 e. The molecule has 7 nitrogen and oxygen atoms in total. The third-order valence-corrected chi connectivity index (χ3v) is 4.01. The Hall–Kier alpha value is -2.59. The highest BCUT2D eigenvalue weighted by Gasteiger charge is 2.61. The zero-order valence-corrected chi connectivity index (χ0v) is 15.1. The summed E-state index contributed by atoms with van der Waals surface area (Å²) in [6, 6.07) is 8.03. The molecule has 2 heterocycles. The molecule has 28 heavy (non-hydrogen) atoms. The number of aromatic nitrogens is 2. The molecule has 0 atom stereocenters. The summed E-state index contributed by atoms with van der Waals surface area (Å²) in [6.45, 7) is 1.27. The molecule has 3 rings (SSSR count). The van der Waals surface area contributed by atoms with Crippen molar-refractivity contribution in [1.82, 2.24) is 9.78 Å². The van der Waals surface area contributed by atoms with Gasteiger partial charge in [0.25, 0.3) is 0 Å². The number of carbonyl (C=O) groups excluding carboxylic acids is 1. The van der Waals surface area contributed by atoms with Gasteiger partial charge in [-0.2, -0.15) is 18.3 Å². The normalized spacial score (nSPS) is 16.1. The van der Waals surface area contributed by atoms with Crippen LogP contribution in [0.15, 0.2) is 36.5 Å². The van der Waals surface area contributed by atoms with Crippen molar-refractivity contribution >= 4 is 5.97 Å². The first-order valence-electron chi connectivity index (χ1n) is 8.60. The Morgan fingerprint density at radius 3 is 2.50 bits per heavy atom. The Kier molecular flexibility index (Phi) is 5.90. The Labute approximate surface area is 158 Å². The predicted octanol–water partition coefficient (Wildman–Crippen LogP) is 2.79. The Morgan fingerprint density at radius 1 is 1.21 bits per heavy atom. The minimum absolute atomic E-state index is 0.139. The van der Waals surface area contributed by atoms with Crippen LogP contribution in [0.2, 0.25) is 0 Å². The number of hydrogen-bond acceptors (Lipinski definition) is 6. The van der Waals surface area contributed by atoms with Crippen LogP contribution < -0.4 is 4.74 Å². The summed E-state index contributed by atoms with van der Waals surface area (Å²) in [6.07, 6.45) is -3.06. The number of esters is 1. The summed E-state index contributed by atoms with van der Waals surface area (Å²) in [4.78, 5) is 11.6. The van der Waals surface area contributed by atoms with Crippen molar-refractivity contribution in [2.24, 2.45) is 0 Å². The lowest BCUT2D eigenvalue weighted by atomic mass is 10.2. The van der Waals surface area contributed by atoms with Gasteiger partial charge in [0.1, 0.15) is 5.75 Å². The summed E-state index contributed by atoms with van der Waals surface area (Å²) in [5.74, 6) is -2.98. The van der Waals surface area contributed by atoms with Crippen LogP contribution in [0, 0.1) is 0 Å². The Balaban J connectivity index is 1.59. The first kappa shape index (κ1) is 20.2. The van der Waals surface area contributed by atoms with E-state index in [1.54, 1.807) is 48.1 Å². The van der Waals surface area contributed by atoms with E-state index in [0.29, 0.717) is 6.54 Å². The lowest BCUT2D eigenvalue weighted by Crippen LogP contribution is -2.51. The van der Waals surface area contributed by atoms with E-state index in [9.17, 15) is 18.0 Å². The predicted molar refractivity (Wildman–Crippen MR) is 89.9 cm³/mol. The standard InChI is InChI=1S/C18H19F3N2O5/c1-2-25-16(24)15-7-8-23(22-15)11-13-3-5-14(6-4-13)26-12-17(18(19,20)21)27-9-10-28-17/h3-8H,2,9-12H2,1H3. The fourth-order valence-corrected chi connectivity index (χ4v) is 2.60. The lowest BCUT2D eigenvalue weighted by molar-refractivity contribution is -0.350.